The zero-order chi connectivity index (χ0) is 18.2. The molecule has 0 aliphatic heterocycles. The maximum absolute atomic E-state index is 6.00. The molecule has 4 heteroatoms. The fraction of sp³-hybridized carbons (Fsp3) is 0.318. The van der Waals surface area contributed by atoms with Crippen LogP contribution >= 0.6 is 11.3 Å². The van der Waals surface area contributed by atoms with Gasteiger partial charge in [-0.1, -0.05) is 49.4 Å². The summed E-state index contributed by atoms with van der Waals surface area (Å²) in [6.45, 7) is 2.82. The molecule has 26 heavy (non-hydrogen) atoms. The van der Waals surface area contributed by atoms with Gasteiger partial charge in [-0.25, -0.2) is 4.98 Å². The summed E-state index contributed by atoms with van der Waals surface area (Å²) in [7, 11) is 1.75. The largest absolute Gasteiger partial charge is 0.494 e. The molecule has 0 saturated heterocycles. The zero-order valence-corrected chi connectivity index (χ0v) is 16.2. The van der Waals surface area contributed by atoms with E-state index in [2.05, 4.69) is 48.3 Å². The van der Waals surface area contributed by atoms with Gasteiger partial charge in [-0.15, -0.1) is 11.3 Å². The average molecular weight is 368 g/mol. The highest BCUT2D eigenvalue weighted by atomic mass is 32.1. The fourth-order valence-corrected chi connectivity index (χ4v) is 4.11. The Kier molecular flexibility index (Phi) is 6.42. The molecule has 1 unspecified atom stereocenters. The lowest BCUT2D eigenvalue weighted by molar-refractivity contribution is 0.0182. The Morgan fingerprint density at radius 3 is 2.62 bits per heavy atom. The second-order valence-corrected chi connectivity index (χ2v) is 7.08. The molecular weight excluding hydrogens is 342 g/mol. The summed E-state index contributed by atoms with van der Waals surface area (Å²) < 4.78 is 11.9. The normalized spacial score (nSPS) is 13.3. The quantitative estimate of drug-likeness (QED) is 0.471. The first-order chi connectivity index (χ1) is 12.8. The maximum atomic E-state index is 6.00. The predicted molar refractivity (Wildman–Crippen MR) is 107 cm³/mol. The number of hydrogen-bond acceptors (Lipinski definition) is 4. The van der Waals surface area contributed by atoms with Crippen LogP contribution in [0.15, 0.2) is 66.2 Å². The lowest BCUT2D eigenvalue weighted by atomic mass is 9.91. The van der Waals surface area contributed by atoms with Crippen LogP contribution in [0.1, 0.15) is 35.9 Å². The molecule has 3 aromatic rings. The van der Waals surface area contributed by atoms with Crippen LogP contribution in [0, 0.1) is 0 Å². The molecule has 3 rings (SSSR count). The molecule has 1 heterocycles. The van der Waals surface area contributed by atoms with Crippen LogP contribution in [0.25, 0.3) is 0 Å². The number of thiazole rings is 1. The lowest BCUT2D eigenvalue weighted by Gasteiger charge is -2.30. The van der Waals surface area contributed by atoms with Gasteiger partial charge in [0, 0.05) is 18.7 Å². The first-order valence-corrected chi connectivity index (χ1v) is 9.89. The average Bonchev–Trinajstić information content (AvgIpc) is 3.23. The molecule has 0 spiro atoms. The van der Waals surface area contributed by atoms with Gasteiger partial charge in [-0.05, 0) is 42.5 Å². The molecule has 2 aromatic carbocycles. The van der Waals surface area contributed by atoms with Crippen LogP contribution in [0.5, 0.6) is 5.75 Å². The van der Waals surface area contributed by atoms with Crippen molar-refractivity contribution in [1.82, 2.24) is 4.98 Å². The minimum Gasteiger partial charge on any atom is -0.494 e. The molecule has 0 bridgehead atoms. The molecule has 136 valence electrons. The van der Waals surface area contributed by atoms with Gasteiger partial charge in [0.2, 0.25) is 0 Å². The minimum atomic E-state index is -0.516. The van der Waals surface area contributed by atoms with Crippen molar-refractivity contribution in [1.29, 1.82) is 0 Å². The van der Waals surface area contributed by atoms with Crippen molar-refractivity contribution in [3.63, 3.8) is 0 Å². The summed E-state index contributed by atoms with van der Waals surface area (Å²) in [5, 5.41) is 2.96. The Labute approximate surface area is 159 Å². The standard InChI is InChI=1S/C22H25NO2S/c1-3-22(24-2,21-23-14-16-26-21)19-12-7-13-20(17-19)25-15-8-11-18-9-5-4-6-10-18/h4-7,9-10,12-14,16-17H,3,8,11,15H2,1-2H3. The molecule has 3 nitrogen and oxygen atoms in total. The number of aromatic nitrogens is 1. The summed E-state index contributed by atoms with van der Waals surface area (Å²) in [5.41, 5.74) is 1.91. The van der Waals surface area contributed by atoms with E-state index in [-0.39, 0.29) is 0 Å². The summed E-state index contributed by atoms with van der Waals surface area (Å²) in [5.74, 6) is 0.877. The number of rotatable bonds is 9. The number of methoxy groups -OCH3 is 1. The van der Waals surface area contributed by atoms with Gasteiger partial charge >= 0.3 is 0 Å². The molecule has 0 amide bonds. The number of ether oxygens (including phenoxy) is 2. The first kappa shape index (κ1) is 18.6. The predicted octanol–water partition coefficient (Wildman–Crippen LogP) is 5.45. The van der Waals surface area contributed by atoms with Crippen molar-refractivity contribution in [3.05, 3.63) is 82.3 Å². The summed E-state index contributed by atoms with van der Waals surface area (Å²) in [4.78, 5) is 4.50. The molecule has 0 aliphatic rings. The molecule has 0 N–H and O–H groups in total. The molecule has 0 aliphatic carbocycles. The Morgan fingerprint density at radius 1 is 1.08 bits per heavy atom. The van der Waals surface area contributed by atoms with Gasteiger partial charge in [0.15, 0.2) is 0 Å². The second kappa shape index (κ2) is 8.97. The van der Waals surface area contributed by atoms with E-state index in [1.165, 1.54) is 5.56 Å². The Hall–Kier alpha value is -2.17. The van der Waals surface area contributed by atoms with Crippen LogP contribution in [0.2, 0.25) is 0 Å². The van der Waals surface area contributed by atoms with E-state index >= 15 is 0 Å². The second-order valence-electron chi connectivity index (χ2n) is 6.19. The first-order valence-electron chi connectivity index (χ1n) is 9.01. The van der Waals surface area contributed by atoms with Crippen molar-refractivity contribution >= 4 is 11.3 Å². The van der Waals surface area contributed by atoms with Crippen LogP contribution in [0.3, 0.4) is 0 Å². The van der Waals surface area contributed by atoms with E-state index in [1.807, 2.05) is 29.8 Å². The van der Waals surface area contributed by atoms with Crippen molar-refractivity contribution in [2.24, 2.45) is 0 Å². The lowest BCUT2D eigenvalue weighted by Crippen LogP contribution is -2.29. The Balaban J connectivity index is 1.67. The van der Waals surface area contributed by atoms with Gasteiger partial charge in [0.05, 0.1) is 6.61 Å². The van der Waals surface area contributed by atoms with Crippen LogP contribution in [-0.4, -0.2) is 18.7 Å². The molecule has 1 aromatic heterocycles. The van der Waals surface area contributed by atoms with Crippen molar-refractivity contribution in [3.8, 4) is 5.75 Å². The Morgan fingerprint density at radius 2 is 1.92 bits per heavy atom. The van der Waals surface area contributed by atoms with Crippen LogP contribution < -0.4 is 4.74 Å². The molecule has 0 saturated carbocycles. The van der Waals surface area contributed by atoms with E-state index in [1.54, 1.807) is 18.4 Å². The Bertz CT molecular complexity index is 783. The maximum Gasteiger partial charge on any atom is 0.144 e. The van der Waals surface area contributed by atoms with Gasteiger partial charge < -0.3 is 9.47 Å². The van der Waals surface area contributed by atoms with Gasteiger partial charge in [-0.3, -0.25) is 0 Å². The van der Waals surface area contributed by atoms with Gasteiger partial charge in [0.25, 0.3) is 0 Å². The van der Waals surface area contributed by atoms with E-state index in [4.69, 9.17) is 9.47 Å². The van der Waals surface area contributed by atoms with Gasteiger partial charge in [0.1, 0.15) is 16.4 Å². The molecule has 1 atom stereocenters. The molecule has 0 fully saturated rings. The zero-order valence-electron chi connectivity index (χ0n) is 15.4. The number of hydrogen-bond donors (Lipinski definition) is 0. The van der Waals surface area contributed by atoms with Crippen LogP contribution in [0.4, 0.5) is 0 Å². The van der Waals surface area contributed by atoms with Crippen molar-refractivity contribution in [2.45, 2.75) is 31.8 Å². The topological polar surface area (TPSA) is 31.4 Å². The highest BCUT2D eigenvalue weighted by Crippen LogP contribution is 2.38. The van der Waals surface area contributed by atoms with E-state index < -0.39 is 5.60 Å². The monoisotopic (exact) mass is 367 g/mol. The van der Waals surface area contributed by atoms with E-state index in [0.29, 0.717) is 6.61 Å². The highest BCUT2D eigenvalue weighted by molar-refractivity contribution is 7.09. The molecule has 0 radical (unpaired) electrons. The third kappa shape index (κ3) is 4.14. The minimum absolute atomic E-state index is 0.516. The number of aryl methyl sites for hydroxylation is 1. The van der Waals surface area contributed by atoms with Crippen LogP contribution in [-0.2, 0) is 16.8 Å². The third-order valence-corrected chi connectivity index (χ3v) is 5.56. The highest BCUT2D eigenvalue weighted by Gasteiger charge is 2.35. The van der Waals surface area contributed by atoms with Crippen molar-refractivity contribution in [2.75, 3.05) is 13.7 Å². The third-order valence-electron chi connectivity index (χ3n) is 4.65. The van der Waals surface area contributed by atoms with Gasteiger partial charge in [-0.2, -0.15) is 0 Å². The summed E-state index contributed by atoms with van der Waals surface area (Å²) >= 11 is 1.62. The number of nitrogens with zero attached hydrogens (tertiary/aromatic N) is 1. The smallest absolute Gasteiger partial charge is 0.144 e. The molecular formula is C22H25NO2S. The van der Waals surface area contributed by atoms with E-state index in [0.717, 1.165) is 35.6 Å². The SMILES string of the molecule is CCC(OC)(c1cccc(OCCCc2ccccc2)c1)c1nccs1. The fourth-order valence-electron chi connectivity index (χ4n) is 3.20. The van der Waals surface area contributed by atoms with Crippen molar-refractivity contribution < 1.29 is 9.47 Å². The summed E-state index contributed by atoms with van der Waals surface area (Å²) in [6, 6.07) is 18.7. The summed E-state index contributed by atoms with van der Waals surface area (Å²) in [6.07, 6.45) is 4.66. The van der Waals surface area contributed by atoms with E-state index in [9.17, 15) is 0 Å². The number of benzene rings is 2.